The molecule has 0 saturated heterocycles. The van der Waals surface area contributed by atoms with Crippen LogP contribution in [0.15, 0.2) is 36.4 Å². The van der Waals surface area contributed by atoms with Gasteiger partial charge in [-0.05, 0) is 11.6 Å². The fourth-order valence-corrected chi connectivity index (χ4v) is 2.12. The van der Waals surface area contributed by atoms with E-state index in [1.54, 1.807) is 11.8 Å². The van der Waals surface area contributed by atoms with E-state index in [9.17, 15) is 5.11 Å². The van der Waals surface area contributed by atoms with Gasteiger partial charge < -0.3 is 5.11 Å². The summed E-state index contributed by atoms with van der Waals surface area (Å²) in [7, 11) is 0. The maximum Gasteiger partial charge on any atom is 0.127 e. The van der Waals surface area contributed by atoms with Gasteiger partial charge in [0.1, 0.15) is 5.75 Å². The summed E-state index contributed by atoms with van der Waals surface area (Å²) in [6.07, 6.45) is 2.04. The molecular formula is C12H12OS. The van der Waals surface area contributed by atoms with Crippen LogP contribution in [0.3, 0.4) is 0 Å². The maximum absolute atomic E-state index is 9.97. The van der Waals surface area contributed by atoms with E-state index in [0.717, 1.165) is 22.1 Å². The Morgan fingerprint density at radius 1 is 1.14 bits per heavy atom. The van der Waals surface area contributed by atoms with Crippen molar-refractivity contribution < 1.29 is 5.11 Å². The Morgan fingerprint density at radius 2 is 1.93 bits per heavy atom. The van der Waals surface area contributed by atoms with Crippen LogP contribution in [-0.4, -0.2) is 11.4 Å². The second kappa shape index (κ2) is 3.93. The molecule has 0 bridgehead atoms. The topological polar surface area (TPSA) is 20.2 Å². The van der Waals surface area contributed by atoms with Crippen LogP contribution >= 0.6 is 11.8 Å². The predicted molar refractivity (Wildman–Crippen MR) is 62.8 cm³/mol. The van der Waals surface area contributed by atoms with Gasteiger partial charge in [-0.1, -0.05) is 36.4 Å². The predicted octanol–water partition coefficient (Wildman–Crippen LogP) is 3.41. The number of thioether (sulfide) groups is 1. The summed E-state index contributed by atoms with van der Waals surface area (Å²) >= 11 is 1.72. The number of rotatable bonds is 2. The van der Waals surface area contributed by atoms with Gasteiger partial charge in [0.2, 0.25) is 0 Å². The van der Waals surface area contributed by atoms with E-state index in [4.69, 9.17) is 0 Å². The normalized spacial score (nSPS) is 10.6. The molecule has 0 aliphatic heterocycles. The van der Waals surface area contributed by atoms with Gasteiger partial charge in [-0.15, -0.1) is 0 Å². The lowest BCUT2D eigenvalue weighted by molar-refractivity contribution is 0.477. The van der Waals surface area contributed by atoms with Crippen molar-refractivity contribution in [3.05, 3.63) is 42.0 Å². The first-order chi connectivity index (χ1) is 6.83. The molecular weight excluding hydrogens is 192 g/mol. The molecule has 1 N–H and O–H groups in total. The number of fused-ring (bicyclic) bond motifs is 1. The van der Waals surface area contributed by atoms with Crippen molar-refractivity contribution in [2.45, 2.75) is 5.75 Å². The fraction of sp³-hybridized carbons (Fsp3) is 0.167. The Kier molecular flexibility index (Phi) is 2.64. The molecule has 0 heterocycles. The average molecular weight is 204 g/mol. The lowest BCUT2D eigenvalue weighted by Gasteiger charge is -2.06. The van der Waals surface area contributed by atoms with Crippen LogP contribution in [0.4, 0.5) is 0 Å². The molecule has 14 heavy (non-hydrogen) atoms. The minimum atomic E-state index is 0.428. The summed E-state index contributed by atoms with van der Waals surface area (Å²) in [5.74, 6) is 1.29. The molecule has 2 aromatic rings. The summed E-state index contributed by atoms with van der Waals surface area (Å²) in [6, 6.07) is 11.9. The first-order valence-electron chi connectivity index (χ1n) is 4.51. The number of phenols is 1. The highest BCUT2D eigenvalue weighted by Crippen LogP contribution is 2.30. The van der Waals surface area contributed by atoms with E-state index in [-0.39, 0.29) is 0 Å². The van der Waals surface area contributed by atoms with E-state index < -0.39 is 0 Å². The molecule has 1 nitrogen and oxygen atoms in total. The van der Waals surface area contributed by atoms with Crippen molar-refractivity contribution in [2.75, 3.05) is 6.26 Å². The van der Waals surface area contributed by atoms with Crippen molar-refractivity contribution >= 4 is 22.5 Å². The van der Waals surface area contributed by atoms with Gasteiger partial charge in [0, 0.05) is 16.7 Å². The zero-order chi connectivity index (χ0) is 9.97. The van der Waals surface area contributed by atoms with Crippen LogP contribution in [0.1, 0.15) is 5.56 Å². The SMILES string of the molecule is CSCc1ccc2ccccc2c1O. The van der Waals surface area contributed by atoms with Gasteiger partial charge in [0.05, 0.1) is 0 Å². The highest BCUT2D eigenvalue weighted by Gasteiger charge is 2.04. The van der Waals surface area contributed by atoms with E-state index in [0.29, 0.717) is 5.75 Å². The van der Waals surface area contributed by atoms with E-state index >= 15 is 0 Å². The zero-order valence-corrected chi connectivity index (χ0v) is 8.84. The van der Waals surface area contributed by atoms with Crippen molar-refractivity contribution in [3.63, 3.8) is 0 Å². The van der Waals surface area contributed by atoms with Gasteiger partial charge in [-0.2, -0.15) is 11.8 Å². The molecule has 0 aromatic heterocycles. The van der Waals surface area contributed by atoms with Gasteiger partial charge in [0.15, 0.2) is 0 Å². The third-order valence-electron chi connectivity index (χ3n) is 2.28. The Labute approximate surface area is 87.8 Å². The lowest BCUT2D eigenvalue weighted by atomic mass is 10.1. The third kappa shape index (κ3) is 1.58. The van der Waals surface area contributed by atoms with Crippen molar-refractivity contribution in [1.29, 1.82) is 0 Å². The Bertz CT molecular complexity index is 451. The summed E-state index contributed by atoms with van der Waals surface area (Å²) in [5.41, 5.74) is 1.01. The summed E-state index contributed by atoms with van der Waals surface area (Å²) < 4.78 is 0. The maximum atomic E-state index is 9.97. The van der Waals surface area contributed by atoms with Crippen LogP contribution in [0, 0.1) is 0 Å². The molecule has 2 rings (SSSR count). The smallest absolute Gasteiger partial charge is 0.127 e. The molecule has 2 heteroatoms. The molecule has 0 fully saturated rings. The van der Waals surface area contributed by atoms with Crippen molar-refractivity contribution in [3.8, 4) is 5.75 Å². The van der Waals surface area contributed by atoms with Crippen molar-refractivity contribution in [1.82, 2.24) is 0 Å². The monoisotopic (exact) mass is 204 g/mol. The highest BCUT2D eigenvalue weighted by molar-refractivity contribution is 7.97. The fourth-order valence-electron chi connectivity index (χ4n) is 1.57. The van der Waals surface area contributed by atoms with Gasteiger partial charge in [-0.25, -0.2) is 0 Å². The molecule has 0 atom stereocenters. The van der Waals surface area contributed by atoms with Gasteiger partial charge >= 0.3 is 0 Å². The molecule has 0 spiro atoms. The molecule has 0 radical (unpaired) electrons. The number of aromatic hydroxyl groups is 1. The molecule has 0 amide bonds. The van der Waals surface area contributed by atoms with E-state index in [2.05, 4.69) is 6.07 Å². The second-order valence-corrected chi connectivity index (χ2v) is 4.09. The molecule has 0 unspecified atom stereocenters. The van der Waals surface area contributed by atoms with Crippen LogP contribution < -0.4 is 0 Å². The average Bonchev–Trinajstić information content (AvgIpc) is 2.23. The Morgan fingerprint density at radius 3 is 2.71 bits per heavy atom. The Balaban J connectivity index is 2.63. The number of benzene rings is 2. The first kappa shape index (κ1) is 9.41. The Hall–Kier alpha value is -1.15. The van der Waals surface area contributed by atoms with Gasteiger partial charge in [0.25, 0.3) is 0 Å². The first-order valence-corrected chi connectivity index (χ1v) is 5.91. The van der Waals surface area contributed by atoms with Crippen LogP contribution in [0.5, 0.6) is 5.75 Å². The summed E-state index contributed by atoms with van der Waals surface area (Å²) in [4.78, 5) is 0. The third-order valence-corrected chi connectivity index (χ3v) is 2.88. The molecule has 0 saturated carbocycles. The largest absolute Gasteiger partial charge is 0.507 e. The van der Waals surface area contributed by atoms with Gasteiger partial charge in [-0.3, -0.25) is 0 Å². The number of hydrogen-bond acceptors (Lipinski definition) is 2. The molecule has 0 aliphatic carbocycles. The second-order valence-electron chi connectivity index (χ2n) is 3.23. The minimum Gasteiger partial charge on any atom is -0.507 e. The van der Waals surface area contributed by atoms with Crippen LogP contribution in [0.25, 0.3) is 10.8 Å². The summed E-state index contributed by atoms with van der Waals surface area (Å²) in [6.45, 7) is 0. The minimum absolute atomic E-state index is 0.428. The van der Waals surface area contributed by atoms with Crippen LogP contribution in [-0.2, 0) is 5.75 Å². The lowest BCUT2D eigenvalue weighted by Crippen LogP contribution is -1.82. The number of hydrogen-bond donors (Lipinski definition) is 1. The molecule has 72 valence electrons. The van der Waals surface area contributed by atoms with E-state index in [1.165, 1.54) is 0 Å². The zero-order valence-electron chi connectivity index (χ0n) is 8.03. The van der Waals surface area contributed by atoms with Crippen molar-refractivity contribution in [2.24, 2.45) is 0 Å². The molecule has 2 aromatic carbocycles. The number of phenolic OH excluding ortho intramolecular Hbond substituents is 1. The summed E-state index contributed by atoms with van der Waals surface area (Å²) in [5, 5.41) is 12.0. The standard InChI is InChI=1S/C12H12OS/c1-14-8-10-7-6-9-4-2-3-5-11(9)12(10)13/h2-7,13H,8H2,1H3. The highest BCUT2D eigenvalue weighted by atomic mass is 32.2. The quantitative estimate of drug-likeness (QED) is 0.809. The molecule has 0 aliphatic rings. The van der Waals surface area contributed by atoms with E-state index in [1.807, 2.05) is 36.6 Å². The van der Waals surface area contributed by atoms with Crippen LogP contribution in [0.2, 0.25) is 0 Å².